The van der Waals surface area contributed by atoms with Gasteiger partial charge in [0.15, 0.2) is 0 Å². The van der Waals surface area contributed by atoms with E-state index in [0.717, 1.165) is 0 Å². The van der Waals surface area contributed by atoms with E-state index in [1.165, 1.54) is 4.68 Å². The third-order valence-corrected chi connectivity index (χ3v) is 1.66. The van der Waals surface area contributed by atoms with Crippen LogP contribution in [0.1, 0.15) is 10.5 Å². The summed E-state index contributed by atoms with van der Waals surface area (Å²) >= 11 is 3.13. The van der Waals surface area contributed by atoms with Crippen LogP contribution in [0, 0.1) is 0 Å². The van der Waals surface area contributed by atoms with Crippen LogP contribution in [0.2, 0.25) is 0 Å². The summed E-state index contributed by atoms with van der Waals surface area (Å²) in [7, 11) is 1.65. The lowest BCUT2D eigenvalue weighted by molar-refractivity contribution is 0.0502. The van der Waals surface area contributed by atoms with Gasteiger partial charge in [0.25, 0.3) is 0 Å². The van der Waals surface area contributed by atoms with Crippen molar-refractivity contribution in [2.45, 2.75) is 0 Å². The molecule has 0 aliphatic carbocycles. The Balaban J connectivity index is 2.87. The number of nitrogens with two attached hydrogens (primary N) is 1. The molecule has 12 heavy (non-hydrogen) atoms. The molecule has 0 aliphatic heterocycles. The van der Waals surface area contributed by atoms with Crippen LogP contribution in [0.4, 0.5) is 0 Å². The minimum absolute atomic E-state index is 0.123. The highest BCUT2D eigenvalue weighted by molar-refractivity contribution is 9.10. The second-order valence-corrected chi connectivity index (χ2v) is 2.89. The Kier molecular flexibility index (Phi) is 2.83. The number of rotatable bonds is 2. The lowest BCUT2D eigenvalue weighted by atomic mass is 10.4. The number of hydrogen-bond donors (Lipinski definition) is 1. The molecule has 2 N–H and O–H groups in total. The number of ether oxygens (including phenoxy) is 1. The highest BCUT2D eigenvalue weighted by Gasteiger charge is 2.12. The van der Waals surface area contributed by atoms with E-state index in [4.69, 9.17) is 5.73 Å². The number of aromatic nitrogens is 2. The molecule has 0 spiro atoms. The van der Waals surface area contributed by atoms with E-state index < -0.39 is 5.97 Å². The van der Waals surface area contributed by atoms with Crippen LogP contribution >= 0.6 is 15.9 Å². The maximum absolute atomic E-state index is 11.1. The number of nitrogens with zero attached hydrogens (tertiary/aromatic N) is 2. The van der Waals surface area contributed by atoms with Crippen molar-refractivity contribution in [3.05, 3.63) is 16.4 Å². The van der Waals surface area contributed by atoms with E-state index in [2.05, 4.69) is 25.8 Å². The zero-order valence-corrected chi connectivity index (χ0v) is 8.04. The van der Waals surface area contributed by atoms with E-state index in [1.54, 1.807) is 13.1 Å². The van der Waals surface area contributed by atoms with Gasteiger partial charge >= 0.3 is 5.97 Å². The molecule has 0 bridgehead atoms. The van der Waals surface area contributed by atoms with Crippen molar-refractivity contribution < 1.29 is 9.53 Å². The molecule has 0 amide bonds. The van der Waals surface area contributed by atoms with E-state index in [0.29, 0.717) is 10.3 Å². The number of carbonyl (C=O) groups is 1. The molecular formula is C6H8BrN3O2. The SMILES string of the molecule is Cn1nc(Br)cc1C(=O)OCN. The van der Waals surface area contributed by atoms with Crippen molar-refractivity contribution in [3.8, 4) is 0 Å². The first-order valence-corrected chi connectivity index (χ1v) is 4.01. The fraction of sp³-hybridized carbons (Fsp3) is 0.333. The Morgan fingerprint density at radius 1 is 1.92 bits per heavy atom. The van der Waals surface area contributed by atoms with E-state index >= 15 is 0 Å². The molecule has 66 valence electrons. The Morgan fingerprint density at radius 2 is 2.58 bits per heavy atom. The zero-order chi connectivity index (χ0) is 9.14. The van der Waals surface area contributed by atoms with Crippen molar-refractivity contribution in [1.82, 2.24) is 9.78 Å². The minimum atomic E-state index is -0.474. The van der Waals surface area contributed by atoms with Gasteiger partial charge in [-0.05, 0) is 15.9 Å². The Bertz CT molecular complexity index is 297. The molecule has 0 aromatic carbocycles. The Labute approximate surface area is 77.6 Å². The highest BCUT2D eigenvalue weighted by atomic mass is 79.9. The molecule has 1 aromatic rings. The normalized spacial score (nSPS) is 9.92. The smallest absolute Gasteiger partial charge is 0.357 e. The number of carbonyl (C=O) groups excluding carboxylic acids is 1. The monoisotopic (exact) mass is 233 g/mol. The minimum Gasteiger partial charge on any atom is -0.445 e. The molecule has 0 aliphatic rings. The van der Waals surface area contributed by atoms with Gasteiger partial charge in [0.1, 0.15) is 17.0 Å². The Morgan fingerprint density at radius 3 is 3.00 bits per heavy atom. The number of esters is 1. The van der Waals surface area contributed by atoms with Crippen LogP contribution in [0.25, 0.3) is 0 Å². The Hall–Kier alpha value is -0.880. The van der Waals surface area contributed by atoms with Crippen LogP contribution in [0.5, 0.6) is 0 Å². The molecular weight excluding hydrogens is 226 g/mol. The summed E-state index contributed by atoms with van der Waals surface area (Å²) in [4.78, 5) is 11.1. The van der Waals surface area contributed by atoms with E-state index in [9.17, 15) is 4.79 Å². The van der Waals surface area contributed by atoms with Crippen LogP contribution < -0.4 is 5.73 Å². The summed E-state index contributed by atoms with van der Waals surface area (Å²) < 4.78 is 6.59. The zero-order valence-electron chi connectivity index (χ0n) is 6.45. The molecule has 0 saturated carbocycles. The first-order chi connectivity index (χ1) is 5.65. The van der Waals surface area contributed by atoms with Gasteiger partial charge in [-0.3, -0.25) is 10.4 Å². The lowest BCUT2D eigenvalue weighted by Crippen LogP contribution is -2.15. The average Bonchev–Trinajstić information content (AvgIpc) is 2.30. The summed E-state index contributed by atoms with van der Waals surface area (Å²) in [6, 6.07) is 1.57. The highest BCUT2D eigenvalue weighted by Crippen LogP contribution is 2.09. The van der Waals surface area contributed by atoms with Gasteiger partial charge in [0.2, 0.25) is 0 Å². The van der Waals surface area contributed by atoms with Crippen molar-refractivity contribution >= 4 is 21.9 Å². The maximum Gasteiger partial charge on any atom is 0.357 e. The fourth-order valence-corrected chi connectivity index (χ4v) is 1.23. The van der Waals surface area contributed by atoms with Gasteiger partial charge in [0, 0.05) is 13.1 Å². The molecule has 1 rings (SSSR count). The van der Waals surface area contributed by atoms with Crippen molar-refractivity contribution in [2.75, 3.05) is 6.73 Å². The van der Waals surface area contributed by atoms with Crippen molar-refractivity contribution in [3.63, 3.8) is 0 Å². The van der Waals surface area contributed by atoms with Crippen molar-refractivity contribution in [1.29, 1.82) is 0 Å². The molecule has 1 aromatic heterocycles. The first kappa shape index (κ1) is 9.21. The standard InChI is InChI=1S/C6H8BrN3O2/c1-10-4(2-5(7)9-10)6(11)12-3-8/h2H,3,8H2,1H3. The third-order valence-electron chi connectivity index (χ3n) is 1.27. The molecule has 0 saturated heterocycles. The van der Waals surface area contributed by atoms with E-state index in [-0.39, 0.29) is 6.73 Å². The van der Waals surface area contributed by atoms with Gasteiger partial charge in [-0.2, -0.15) is 5.10 Å². The molecule has 1 heterocycles. The molecule has 5 nitrogen and oxygen atoms in total. The summed E-state index contributed by atoms with van der Waals surface area (Å²) in [6.07, 6.45) is 0. The second kappa shape index (κ2) is 3.68. The van der Waals surface area contributed by atoms with Gasteiger partial charge in [0.05, 0.1) is 0 Å². The number of aryl methyl sites for hydroxylation is 1. The lowest BCUT2D eigenvalue weighted by Gasteiger charge is -1.99. The maximum atomic E-state index is 11.1. The summed E-state index contributed by atoms with van der Waals surface area (Å²) in [6.45, 7) is -0.123. The van der Waals surface area contributed by atoms with Crippen LogP contribution in [-0.2, 0) is 11.8 Å². The average molecular weight is 234 g/mol. The molecule has 0 fully saturated rings. The second-order valence-electron chi connectivity index (χ2n) is 2.07. The molecule has 0 atom stereocenters. The fourth-order valence-electron chi connectivity index (χ4n) is 0.773. The predicted octanol–water partition coefficient (Wildman–Crippen LogP) is 0.256. The van der Waals surface area contributed by atoms with Crippen LogP contribution in [0.3, 0.4) is 0 Å². The number of hydrogen-bond acceptors (Lipinski definition) is 4. The summed E-state index contributed by atoms with van der Waals surface area (Å²) in [5, 5.41) is 3.91. The van der Waals surface area contributed by atoms with Gasteiger partial charge in [-0.1, -0.05) is 0 Å². The van der Waals surface area contributed by atoms with Gasteiger partial charge in [-0.15, -0.1) is 0 Å². The molecule has 6 heteroatoms. The topological polar surface area (TPSA) is 70.1 Å². The molecule has 0 radical (unpaired) electrons. The van der Waals surface area contributed by atoms with Gasteiger partial charge < -0.3 is 4.74 Å². The van der Waals surface area contributed by atoms with Crippen LogP contribution in [-0.4, -0.2) is 22.5 Å². The third kappa shape index (κ3) is 1.83. The predicted molar refractivity (Wildman–Crippen MR) is 45.4 cm³/mol. The number of halogens is 1. The first-order valence-electron chi connectivity index (χ1n) is 3.22. The summed E-state index contributed by atoms with van der Waals surface area (Å²) in [5.74, 6) is -0.474. The largest absolute Gasteiger partial charge is 0.445 e. The van der Waals surface area contributed by atoms with E-state index in [1.807, 2.05) is 0 Å². The molecule has 0 unspecified atom stereocenters. The quantitative estimate of drug-likeness (QED) is 0.588. The summed E-state index contributed by atoms with van der Waals surface area (Å²) in [5.41, 5.74) is 5.41. The van der Waals surface area contributed by atoms with Crippen LogP contribution in [0.15, 0.2) is 10.7 Å². The van der Waals surface area contributed by atoms with Crippen molar-refractivity contribution in [2.24, 2.45) is 12.8 Å². The van der Waals surface area contributed by atoms with Gasteiger partial charge in [-0.25, -0.2) is 4.79 Å².